The van der Waals surface area contributed by atoms with Gasteiger partial charge < -0.3 is 14.1 Å². The van der Waals surface area contributed by atoms with Gasteiger partial charge in [0.05, 0.1) is 18.2 Å². The average molecular weight is 235 g/mol. The molecule has 2 rings (SSSR count). The maximum atomic E-state index is 11.0. The van der Waals surface area contributed by atoms with Crippen LogP contribution in [-0.2, 0) is 7.05 Å². The number of carboxylic acid groups (broad SMARTS) is 1. The Morgan fingerprint density at radius 3 is 2.65 bits per heavy atom. The van der Waals surface area contributed by atoms with Crippen molar-refractivity contribution in [1.29, 1.82) is 0 Å². The van der Waals surface area contributed by atoms with E-state index in [0.29, 0.717) is 11.4 Å². The van der Waals surface area contributed by atoms with E-state index >= 15 is 0 Å². The van der Waals surface area contributed by atoms with Crippen LogP contribution in [0.2, 0.25) is 0 Å². The van der Waals surface area contributed by atoms with Crippen LogP contribution in [0.15, 0.2) is 16.9 Å². The van der Waals surface area contributed by atoms with E-state index in [2.05, 4.69) is 9.97 Å². The second kappa shape index (κ2) is 4.04. The molecule has 0 aliphatic rings. The largest absolute Gasteiger partial charge is 0.475 e. The van der Waals surface area contributed by atoms with Crippen LogP contribution in [-0.4, -0.2) is 25.6 Å². The molecule has 2 aromatic rings. The molecule has 0 saturated heterocycles. The Balaban J connectivity index is 2.55. The molecule has 0 aliphatic carbocycles. The first-order chi connectivity index (χ1) is 8.00. The minimum atomic E-state index is -1.10. The lowest BCUT2D eigenvalue weighted by molar-refractivity contribution is 0.0661. The summed E-state index contributed by atoms with van der Waals surface area (Å²) in [6, 6.07) is 0. The topological polar surface area (TPSA) is 81.2 Å². The predicted octanol–water partition coefficient (Wildman–Crippen LogP) is 1.90. The van der Waals surface area contributed by atoms with Gasteiger partial charge in [0, 0.05) is 7.05 Å². The number of nitrogens with zero attached hydrogens (tertiary/aromatic N) is 3. The van der Waals surface area contributed by atoms with Crippen molar-refractivity contribution in [3.05, 3.63) is 24.0 Å². The third-order valence-corrected chi connectivity index (χ3v) is 2.43. The zero-order valence-electron chi connectivity index (χ0n) is 9.84. The fourth-order valence-corrected chi connectivity index (χ4v) is 1.55. The average Bonchev–Trinajstić information content (AvgIpc) is 2.82. The molecule has 0 amide bonds. The number of hydrogen-bond donors (Lipinski definition) is 1. The van der Waals surface area contributed by atoms with Crippen molar-refractivity contribution in [2.24, 2.45) is 7.05 Å². The molecule has 0 saturated carbocycles. The van der Waals surface area contributed by atoms with Crippen molar-refractivity contribution in [3.8, 4) is 11.6 Å². The van der Waals surface area contributed by atoms with Crippen molar-refractivity contribution in [2.75, 3.05) is 0 Å². The fourth-order valence-electron chi connectivity index (χ4n) is 1.55. The summed E-state index contributed by atoms with van der Waals surface area (Å²) in [6.07, 6.45) is 3.19. The normalized spacial score (nSPS) is 11.1. The van der Waals surface area contributed by atoms with E-state index in [1.54, 1.807) is 24.1 Å². The van der Waals surface area contributed by atoms with Crippen LogP contribution in [0.3, 0.4) is 0 Å². The number of aromatic nitrogens is 3. The molecule has 2 heterocycles. The number of rotatable bonds is 3. The summed E-state index contributed by atoms with van der Waals surface area (Å²) in [5.41, 5.74) is 1.10. The van der Waals surface area contributed by atoms with Crippen LogP contribution in [0.4, 0.5) is 0 Å². The highest BCUT2D eigenvalue weighted by molar-refractivity contribution is 5.86. The summed E-state index contributed by atoms with van der Waals surface area (Å²) < 4.78 is 7.02. The fraction of sp³-hybridized carbons (Fsp3) is 0.364. The SMILES string of the molecule is CC(C)c1nc(-c2cncn2C)oc1C(=O)O. The molecule has 6 nitrogen and oxygen atoms in total. The smallest absolute Gasteiger partial charge is 0.373 e. The molecule has 0 unspecified atom stereocenters. The van der Waals surface area contributed by atoms with Crippen LogP contribution in [0.1, 0.15) is 36.0 Å². The Labute approximate surface area is 97.9 Å². The quantitative estimate of drug-likeness (QED) is 0.878. The molecule has 2 aromatic heterocycles. The highest BCUT2D eigenvalue weighted by Crippen LogP contribution is 2.25. The Kier molecular flexibility index (Phi) is 2.71. The first-order valence-corrected chi connectivity index (χ1v) is 5.21. The minimum Gasteiger partial charge on any atom is -0.475 e. The summed E-state index contributed by atoms with van der Waals surface area (Å²) in [7, 11) is 1.79. The molecule has 0 bridgehead atoms. The summed E-state index contributed by atoms with van der Waals surface area (Å²) in [5, 5.41) is 9.04. The minimum absolute atomic E-state index is 0.00757. The number of carboxylic acids is 1. The Bertz CT molecular complexity index is 554. The van der Waals surface area contributed by atoms with Crippen LogP contribution in [0.25, 0.3) is 11.6 Å². The molecule has 17 heavy (non-hydrogen) atoms. The summed E-state index contributed by atoms with van der Waals surface area (Å²) in [5.74, 6) is -0.927. The van der Waals surface area contributed by atoms with E-state index in [9.17, 15) is 4.79 Å². The second-order valence-corrected chi connectivity index (χ2v) is 4.08. The van der Waals surface area contributed by atoms with Gasteiger partial charge in [-0.1, -0.05) is 13.8 Å². The third-order valence-electron chi connectivity index (χ3n) is 2.43. The third kappa shape index (κ3) is 1.93. The molecule has 0 atom stereocenters. The highest BCUT2D eigenvalue weighted by Gasteiger charge is 2.23. The molecule has 1 N–H and O–H groups in total. The van der Waals surface area contributed by atoms with Gasteiger partial charge in [-0.2, -0.15) is 0 Å². The molecular weight excluding hydrogens is 222 g/mol. The maximum absolute atomic E-state index is 11.0. The van der Waals surface area contributed by atoms with Gasteiger partial charge in [0.25, 0.3) is 0 Å². The zero-order chi connectivity index (χ0) is 12.6. The second-order valence-electron chi connectivity index (χ2n) is 4.08. The predicted molar refractivity (Wildman–Crippen MR) is 59.8 cm³/mol. The summed E-state index contributed by atoms with van der Waals surface area (Å²) >= 11 is 0. The van der Waals surface area contributed by atoms with Gasteiger partial charge >= 0.3 is 5.97 Å². The lowest BCUT2D eigenvalue weighted by atomic mass is 10.1. The lowest BCUT2D eigenvalue weighted by Gasteiger charge is -1.98. The molecule has 0 aliphatic heterocycles. The number of imidazole rings is 1. The first kappa shape index (κ1) is 11.4. The van der Waals surface area contributed by atoms with Gasteiger partial charge in [-0.25, -0.2) is 14.8 Å². The molecule has 0 spiro atoms. The molecule has 0 radical (unpaired) electrons. The van der Waals surface area contributed by atoms with Crippen LogP contribution >= 0.6 is 0 Å². The van der Waals surface area contributed by atoms with E-state index in [4.69, 9.17) is 9.52 Å². The number of hydrogen-bond acceptors (Lipinski definition) is 4. The summed E-state index contributed by atoms with van der Waals surface area (Å²) in [6.45, 7) is 3.74. The van der Waals surface area contributed by atoms with E-state index < -0.39 is 5.97 Å². The first-order valence-electron chi connectivity index (χ1n) is 5.21. The monoisotopic (exact) mass is 235 g/mol. The van der Waals surface area contributed by atoms with E-state index in [1.165, 1.54) is 0 Å². The lowest BCUT2D eigenvalue weighted by Crippen LogP contribution is -2.01. The van der Waals surface area contributed by atoms with Crippen molar-refractivity contribution in [3.63, 3.8) is 0 Å². The van der Waals surface area contributed by atoms with Crippen molar-refractivity contribution < 1.29 is 14.3 Å². The van der Waals surface area contributed by atoms with Crippen LogP contribution in [0, 0.1) is 0 Å². The standard InChI is InChI=1S/C11H13N3O3/c1-6(2)8-9(11(15)16)17-10(13-8)7-4-12-5-14(7)3/h4-6H,1-3H3,(H,15,16). The van der Waals surface area contributed by atoms with Crippen LogP contribution < -0.4 is 0 Å². The molecule has 0 aromatic carbocycles. The van der Waals surface area contributed by atoms with E-state index in [-0.39, 0.29) is 17.6 Å². The molecule has 90 valence electrons. The number of carbonyl (C=O) groups is 1. The van der Waals surface area contributed by atoms with E-state index in [0.717, 1.165) is 0 Å². The van der Waals surface area contributed by atoms with Gasteiger partial charge in [-0.05, 0) is 5.92 Å². The van der Waals surface area contributed by atoms with Crippen LogP contribution in [0.5, 0.6) is 0 Å². The Morgan fingerprint density at radius 2 is 2.24 bits per heavy atom. The number of oxazole rings is 1. The van der Waals surface area contributed by atoms with Gasteiger partial charge in [0.2, 0.25) is 11.7 Å². The zero-order valence-corrected chi connectivity index (χ0v) is 9.84. The molecular formula is C11H13N3O3. The number of aryl methyl sites for hydroxylation is 1. The Morgan fingerprint density at radius 1 is 1.53 bits per heavy atom. The molecule has 0 fully saturated rings. The van der Waals surface area contributed by atoms with Crippen molar-refractivity contribution in [1.82, 2.24) is 14.5 Å². The van der Waals surface area contributed by atoms with Gasteiger partial charge in [-0.15, -0.1) is 0 Å². The summed E-state index contributed by atoms with van der Waals surface area (Å²) in [4.78, 5) is 19.2. The van der Waals surface area contributed by atoms with Gasteiger partial charge in [0.1, 0.15) is 5.69 Å². The molecule has 6 heteroatoms. The maximum Gasteiger partial charge on any atom is 0.373 e. The van der Waals surface area contributed by atoms with Crippen molar-refractivity contribution in [2.45, 2.75) is 19.8 Å². The van der Waals surface area contributed by atoms with Gasteiger partial charge in [0.15, 0.2) is 0 Å². The Hall–Kier alpha value is -2.11. The highest BCUT2D eigenvalue weighted by atomic mass is 16.4. The van der Waals surface area contributed by atoms with Gasteiger partial charge in [-0.3, -0.25) is 0 Å². The number of aromatic carboxylic acids is 1. The van der Waals surface area contributed by atoms with E-state index in [1.807, 2.05) is 13.8 Å². The van der Waals surface area contributed by atoms with Crippen molar-refractivity contribution >= 4 is 5.97 Å².